The molecule has 0 aliphatic rings. The summed E-state index contributed by atoms with van der Waals surface area (Å²) in [7, 11) is 1.28. The van der Waals surface area contributed by atoms with Gasteiger partial charge in [0, 0.05) is 12.0 Å². The largest absolute Gasteiger partial charge is 0.489 e. The Morgan fingerprint density at radius 3 is 2.42 bits per heavy atom. The van der Waals surface area contributed by atoms with E-state index in [9.17, 15) is 19.5 Å². The van der Waals surface area contributed by atoms with E-state index in [0.717, 1.165) is 18.4 Å². The highest BCUT2D eigenvalue weighted by molar-refractivity contribution is 6.34. The number of carboxylic acid groups (broad SMARTS) is 1. The first-order valence-corrected chi connectivity index (χ1v) is 12.5. The predicted octanol–water partition coefficient (Wildman–Crippen LogP) is 5.50. The highest BCUT2D eigenvalue weighted by Crippen LogP contribution is 2.24. The van der Waals surface area contributed by atoms with Crippen molar-refractivity contribution >= 4 is 34.4 Å². The van der Waals surface area contributed by atoms with Crippen LogP contribution in [0.15, 0.2) is 65.5 Å². The molecule has 4 aromatic rings. The van der Waals surface area contributed by atoms with Crippen LogP contribution < -0.4 is 10.3 Å². The zero-order chi connectivity index (χ0) is 27.2. The predicted molar refractivity (Wildman–Crippen MR) is 144 cm³/mol. The van der Waals surface area contributed by atoms with E-state index >= 15 is 0 Å². The molecule has 8 nitrogen and oxygen atoms in total. The standard InChI is InChI=1S/C29H27ClN2O6/c1-3-4-11-24-31-23-10-6-8-21(29(36)37-2)25(23)27(33)32(24)16-18-12-14-20(15-13-18)38-17-19-7-5-9-22(26(19)30)28(34)35/h5-10,12-15H,3-4,11,16-17H2,1-2H3,(H,34,35). The number of nitrogens with zero attached hydrogens (tertiary/aromatic N) is 2. The Balaban J connectivity index is 1.61. The van der Waals surface area contributed by atoms with Crippen LogP contribution in [0.3, 0.4) is 0 Å². The molecule has 0 aliphatic heterocycles. The van der Waals surface area contributed by atoms with E-state index in [2.05, 4.69) is 6.92 Å². The lowest BCUT2D eigenvalue weighted by molar-refractivity contribution is 0.0602. The second kappa shape index (κ2) is 11.9. The first kappa shape index (κ1) is 26.9. The fraction of sp³-hybridized carbons (Fsp3) is 0.241. The number of carbonyl (C=O) groups excluding carboxylic acids is 1. The zero-order valence-corrected chi connectivity index (χ0v) is 21.8. The molecule has 0 fully saturated rings. The Labute approximate surface area is 224 Å². The number of esters is 1. The Bertz CT molecular complexity index is 1550. The summed E-state index contributed by atoms with van der Waals surface area (Å²) >= 11 is 6.20. The van der Waals surface area contributed by atoms with Gasteiger partial charge in [-0.3, -0.25) is 9.36 Å². The average Bonchev–Trinajstić information content (AvgIpc) is 2.92. The van der Waals surface area contributed by atoms with Crippen LogP contribution in [-0.4, -0.2) is 33.7 Å². The normalized spacial score (nSPS) is 10.9. The summed E-state index contributed by atoms with van der Waals surface area (Å²) < 4.78 is 12.3. The third-order valence-corrected chi connectivity index (χ3v) is 6.64. The van der Waals surface area contributed by atoms with Crippen LogP contribution in [-0.2, 0) is 24.3 Å². The van der Waals surface area contributed by atoms with Gasteiger partial charge in [0.25, 0.3) is 5.56 Å². The monoisotopic (exact) mass is 534 g/mol. The van der Waals surface area contributed by atoms with Gasteiger partial charge in [0.1, 0.15) is 18.2 Å². The van der Waals surface area contributed by atoms with Crippen LogP contribution in [0, 0.1) is 0 Å². The molecule has 1 aromatic heterocycles. The molecule has 196 valence electrons. The van der Waals surface area contributed by atoms with Gasteiger partial charge in [-0.15, -0.1) is 0 Å². The Morgan fingerprint density at radius 2 is 1.74 bits per heavy atom. The van der Waals surface area contributed by atoms with E-state index < -0.39 is 11.9 Å². The van der Waals surface area contributed by atoms with Crippen molar-refractivity contribution in [2.24, 2.45) is 0 Å². The molecule has 3 aromatic carbocycles. The molecular formula is C29H27ClN2O6. The number of aromatic carboxylic acids is 1. The van der Waals surface area contributed by atoms with Gasteiger partial charge in [-0.25, -0.2) is 14.6 Å². The number of hydrogen-bond acceptors (Lipinski definition) is 6. The van der Waals surface area contributed by atoms with Crippen LogP contribution in [0.2, 0.25) is 5.02 Å². The van der Waals surface area contributed by atoms with Crippen molar-refractivity contribution in [3.63, 3.8) is 0 Å². The van der Waals surface area contributed by atoms with Crippen molar-refractivity contribution in [1.82, 2.24) is 9.55 Å². The molecule has 9 heteroatoms. The SMILES string of the molecule is CCCCc1nc2cccc(C(=O)OC)c2c(=O)n1Cc1ccc(OCc2cccc(C(=O)O)c2Cl)cc1. The molecule has 0 radical (unpaired) electrons. The zero-order valence-electron chi connectivity index (χ0n) is 21.1. The molecular weight excluding hydrogens is 508 g/mol. The second-order valence-corrected chi connectivity index (χ2v) is 9.11. The molecule has 1 heterocycles. The number of aryl methyl sites for hydroxylation is 1. The van der Waals surface area contributed by atoms with Gasteiger partial charge in [0.2, 0.25) is 0 Å². The Hall–Kier alpha value is -4.17. The number of rotatable bonds is 10. The maximum absolute atomic E-state index is 13.6. The number of aromatic nitrogens is 2. The van der Waals surface area contributed by atoms with E-state index in [4.69, 9.17) is 26.1 Å². The molecule has 0 saturated carbocycles. The lowest BCUT2D eigenvalue weighted by Crippen LogP contribution is -2.27. The highest BCUT2D eigenvalue weighted by atomic mass is 35.5. The number of methoxy groups -OCH3 is 1. The van der Waals surface area contributed by atoms with Gasteiger partial charge in [0.05, 0.1) is 40.7 Å². The van der Waals surface area contributed by atoms with Gasteiger partial charge in [0.15, 0.2) is 0 Å². The molecule has 4 rings (SSSR count). The third-order valence-electron chi connectivity index (χ3n) is 6.19. The fourth-order valence-corrected chi connectivity index (χ4v) is 4.43. The van der Waals surface area contributed by atoms with Crippen LogP contribution >= 0.6 is 11.6 Å². The number of halogens is 1. The number of ether oxygens (including phenoxy) is 2. The van der Waals surface area contributed by atoms with E-state index in [1.807, 2.05) is 12.1 Å². The summed E-state index contributed by atoms with van der Waals surface area (Å²) in [5, 5.41) is 9.63. The molecule has 38 heavy (non-hydrogen) atoms. The quantitative estimate of drug-likeness (QED) is 0.267. The lowest BCUT2D eigenvalue weighted by atomic mass is 10.1. The van der Waals surface area contributed by atoms with E-state index in [1.54, 1.807) is 47.0 Å². The van der Waals surface area contributed by atoms with Crippen molar-refractivity contribution in [3.8, 4) is 5.75 Å². The van der Waals surface area contributed by atoms with E-state index in [1.165, 1.54) is 13.2 Å². The minimum absolute atomic E-state index is 0.0202. The lowest BCUT2D eigenvalue weighted by Gasteiger charge is -2.15. The van der Waals surface area contributed by atoms with E-state index in [-0.39, 0.29) is 40.2 Å². The topological polar surface area (TPSA) is 108 Å². The summed E-state index contributed by atoms with van der Waals surface area (Å²) in [6.07, 6.45) is 2.44. The molecule has 0 spiro atoms. The molecule has 0 unspecified atom stereocenters. The van der Waals surface area contributed by atoms with Gasteiger partial charge >= 0.3 is 11.9 Å². The minimum Gasteiger partial charge on any atom is -0.489 e. The summed E-state index contributed by atoms with van der Waals surface area (Å²) in [6, 6.07) is 17.0. The molecule has 0 amide bonds. The summed E-state index contributed by atoms with van der Waals surface area (Å²) in [5.41, 5.74) is 1.79. The second-order valence-electron chi connectivity index (χ2n) is 8.73. The molecule has 0 saturated heterocycles. The number of carbonyl (C=O) groups is 2. The summed E-state index contributed by atoms with van der Waals surface area (Å²) in [5.74, 6) is -0.470. The van der Waals surface area contributed by atoms with Crippen LogP contribution in [0.25, 0.3) is 10.9 Å². The summed E-state index contributed by atoms with van der Waals surface area (Å²) in [4.78, 5) is 42.0. The first-order valence-electron chi connectivity index (χ1n) is 12.2. The van der Waals surface area contributed by atoms with Gasteiger partial charge in [-0.05, 0) is 42.3 Å². The maximum Gasteiger partial charge on any atom is 0.338 e. The minimum atomic E-state index is -1.10. The van der Waals surface area contributed by atoms with Crippen LogP contribution in [0.4, 0.5) is 0 Å². The van der Waals surface area contributed by atoms with Crippen LogP contribution in [0.5, 0.6) is 5.75 Å². The molecule has 0 atom stereocenters. The fourth-order valence-electron chi connectivity index (χ4n) is 4.17. The van der Waals surface area contributed by atoms with Crippen LogP contribution in [0.1, 0.15) is 57.4 Å². The number of benzene rings is 3. The van der Waals surface area contributed by atoms with Crippen molar-refractivity contribution in [3.05, 3.63) is 104 Å². The number of unbranched alkanes of at least 4 members (excludes halogenated alkanes) is 1. The van der Waals surface area contributed by atoms with Gasteiger partial charge in [-0.2, -0.15) is 0 Å². The third kappa shape index (κ3) is 5.70. The average molecular weight is 535 g/mol. The Kier molecular flexibility index (Phi) is 8.43. The first-order chi connectivity index (χ1) is 18.3. The van der Waals surface area contributed by atoms with Crippen molar-refractivity contribution in [1.29, 1.82) is 0 Å². The number of fused-ring (bicyclic) bond motifs is 1. The Morgan fingerprint density at radius 1 is 1.03 bits per heavy atom. The number of hydrogen-bond donors (Lipinski definition) is 1. The van der Waals surface area contributed by atoms with Crippen molar-refractivity contribution in [2.75, 3.05) is 7.11 Å². The van der Waals surface area contributed by atoms with E-state index in [0.29, 0.717) is 29.1 Å². The molecule has 0 bridgehead atoms. The van der Waals surface area contributed by atoms with Gasteiger partial charge < -0.3 is 14.6 Å². The number of carboxylic acids is 1. The van der Waals surface area contributed by atoms with Gasteiger partial charge in [-0.1, -0.05) is 55.3 Å². The van der Waals surface area contributed by atoms with Crippen molar-refractivity contribution in [2.45, 2.75) is 39.3 Å². The summed E-state index contributed by atoms with van der Waals surface area (Å²) in [6.45, 7) is 2.44. The van der Waals surface area contributed by atoms with Crippen molar-refractivity contribution < 1.29 is 24.2 Å². The highest BCUT2D eigenvalue weighted by Gasteiger charge is 2.18. The molecule has 0 aliphatic carbocycles. The smallest absolute Gasteiger partial charge is 0.338 e. The molecule has 1 N–H and O–H groups in total. The maximum atomic E-state index is 13.6.